The van der Waals surface area contributed by atoms with Crippen LogP contribution in [0.25, 0.3) is 0 Å². The third-order valence-corrected chi connectivity index (χ3v) is 3.31. The summed E-state index contributed by atoms with van der Waals surface area (Å²) in [7, 11) is 0. The van der Waals surface area contributed by atoms with Gasteiger partial charge in [-0.05, 0) is 37.5 Å². The Hall–Kier alpha value is -1.71. The fourth-order valence-corrected chi connectivity index (χ4v) is 2.20. The summed E-state index contributed by atoms with van der Waals surface area (Å²) in [5, 5.41) is 5.83. The van der Waals surface area contributed by atoms with E-state index < -0.39 is 0 Å². The first-order valence-corrected chi connectivity index (χ1v) is 6.09. The van der Waals surface area contributed by atoms with E-state index in [1.165, 1.54) is 12.8 Å². The van der Waals surface area contributed by atoms with Gasteiger partial charge in [-0.1, -0.05) is 18.9 Å². The Bertz CT molecular complexity index is 411. The van der Waals surface area contributed by atoms with E-state index in [1.54, 1.807) is 0 Å². The van der Waals surface area contributed by atoms with Crippen LogP contribution in [0.3, 0.4) is 0 Å². The summed E-state index contributed by atoms with van der Waals surface area (Å²) in [6.07, 6.45) is 4.59. The molecule has 4 N–H and O–H groups in total. The molecule has 4 heteroatoms. The average molecular weight is 233 g/mol. The van der Waals surface area contributed by atoms with Gasteiger partial charge in [0, 0.05) is 17.4 Å². The summed E-state index contributed by atoms with van der Waals surface area (Å²) in [6, 6.07) is 5.73. The van der Waals surface area contributed by atoms with Crippen LogP contribution < -0.4 is 16.4 Å². The molecule has 0 saturated heterocycles. The highest BCUT2D eigenvalue weighted by Crippen LogP contribution is 2.21. The maximum atomic E-state index is 11.8. The minimum atomic E-state index is -0.134. The highest BCUT2D eigenvalue weighted by molar-refractivity contribution is 5.91. The Balaban J connectivity index is 1.95. The number of urea groups is 1. The average Bonchev–Trinajstić information content (AvgIpc) is 2.77. The normalized spacial score (nSPS) is 15.8. The number of benzene rings is 1. The zero-order valence-corrected chi connectivity index (χ0v) is 10.1. The third kappa shape index (κ3) is 2.90. The molecule has 2 rings (SSSR count). The summed E-state index contributed by atoms with van der Waals surface area (Å²) in [6.45, 7) is 1.90. The van der Waals surface area contributed by atoms with Crippen LogP contribution in [0.15, 0.2) is 18.2 Å². The molecule has 1 fully saturated rings. The highest BCUT2D eigenvalue weighted by atomic mass is 16.2. The summed E-state index contributed by atoms with van der Waals surface area (Å²) in [4.78, 5) is 11.8. The van der Waals surface area contributed by atoms with Crippen molar-refractivity contribution in [3.05, 3.63) is 23.8 Å². The van der Waals surface area contributed by atoms with Crippen LogP contribution in [-0.4, -0.2) is 12.1 Å². The molecule has 0 aromatic heterocycles. The van der Waals surface area contributed by atoms with Crippen molar-refractivity contribution in [2.24, 2.45) is 0 Å². The van der Waals surface area contributed by atoms with Gasteiger partial charge in [0.05, 0.1) is 0 Å². The summed E-state index contributed by atoms with van der Waals surface area (Å²) < 4.78 is 0. The molecule has 0 radical (unpaired) electrons. The van der Waals surface area contributed by atoms with Gasteiger partial charge in [0.1, 0.15) is 0 Å². The van der Waals surface area contributed by atoms with E-state index in [-0.39, 0.29) is 6.03 Å². The van der Waals surface area contributed by atoms with E-state index in [9.17, 15) is 4.79 Å². The van der Waals surface area contributed by atoms with Gasteiger partial charge in [-0.3, -0.25) is 0 Å². The number of hydrogen-bond acceptors (Lipinski definition) is 2. The summed E-state index contributed by atoms with van der Waals surface area (Å²) in [5.74, 6) is 0. The molecule has 0 aliphatic heterocycles. The number of nitrogens with one attached hydrogen (secondary N) is 2. The van der Waals surface area contributed by atoms with Gasteiger partial charge in [0.25, 0.3) is 0 Å². The molecule has 1 aromatic rings. The number of rotatable bonds is 2. The second kappa shape index (κ2) is 5.08. The van der Waals surface area contributed by atoms with Crippen LogP contribution >= 0.6 is 0 Å². The van der Waals surface area contributed by atoms with Crippen LogP contribution in [0, 0.1) is 6.92 Å². The fraction of sp³-hybridized carbons (Fsp3) is 0.462. The zero-order chi connectivity index (χ0) is 12.3. The Morgan fingerprint density at radius 3 is 2.76 bits per heavy atom. The van der Waals surface area contributed by atoms with Gasteiger partial charge >= 0.3 is 6.03 Å². The molecule has 1 aromatic carbocycles. The predicted molar refractivity (Wildman–Crippen MR) is 70.0 cm³/mol. The molecule has 92 valence electrons. The molecule has 1 saturated carbocycles. The minimum Gasteiger partial charge on any atom is -0.398 e. The number of nitrogen functional groups attached to an aromatic ring is 1. The maximum Gasteiger partial charge on any atom is 0.319 e. The molecular weight excluding hydrogens is 214 g/mol. The molecule has 0 heterocycles. The van der Waals surface area contributed by atoms with Crippen molar-refractivity contribution in [1.29, 1.82) is 0 Å². The van der Waals surface area contributed by atoms with E-state index >= 15 is 0 Å². The molecule has 2 amide bonds. The lowest BCUT2D eigenvalue weighted by Gasteiger charge is -2.14. The minimum absolute atomic E-state index is 0.134. The first-order valence-electron chi connectivity index (χ1n) is 6.09. The highest BCUT2D eigenvalue weighted by Gasteiger charge is 2.17. The summed E-state index contributed by atoms with van der Waals surface area (Å²) in [5.41, 5.74) is 8.18. The Morgan fingerprint density at radius 2 is 2.06 bits per heavy atom. The van der Waals surface area contributed by atoms with Crippen molar-refractivity contribution >= 4 is 17.4 Å². The lowest BCUT2D eigenvalue weighted by molar-refractivity contribution is 0.248. The van der Waals surface area contributed by atoms with Gasteiger partial charge in [-0.25, -0.2) is 4.79 Å². The van der Waals surface area contributed by atoms with Gasteiger partial charge in [0.15, 0.2) is 0 Å². The monoisotopic (exact) mass is 233 g/mol. The van der Waals surface area contributed by atoms with Gasteiger partial charge in [0.2, 0.25) is 0 Å². The Labute approximate surface area is 102 Å². The topological polar surface area (TPSA) is 67.1 Å². The molecule has 4 nitrogen and oxygen atoms in total. The van der Waals surface area contributed by atoms with Crippen molar-refractivity contribution in [2.45, 2.75) is 38.6 Å². The third-order valence-electron chi connectivity index (χ3n) is 3.31. The number of anilines is 2. The molecule has 1 aliphatic rings. The first kappa shape index (κ1) is 11.8. The van der Waals surface area contributed by atoms with Crippen molar-refractivity contribution in [3.63, 3.8) is 0 Å². The number of hydrogen-bond donors (Lipinski definition) is 3. The Morgan fingerprint density at radius 1 is 1.35 bits per heavy atom. The van der Waals surface area contributed by atoms with Crippen molar-refractivity contribution < 1.29 is 4.79 Å². The second-order valence-corrected chi connectivity index (χ2v) is 4.60. The Kier molecular flexibility index (Phi) is 3.52. The van der Waals surface area contributed by atoms with Crippen LogP contribution in [0.1, 0.15) is 31.2 Å². The molecule has 0 atom stereocenters. The molecule has 17 heavy (non-hydrogen) atoms. The second-order valence-electron chi connectivity index (χ2n) is 4.60. The lowest BCUT2D eigenvalue weighted by atomic mass is 10.1. The predicted octanol–water partition coefficient (Wildman–Crippen LogP) is 2.64. The molecule has 0 bridgehead atoms. The molecule has 1 aliphatic carbocycles. The standard InChI is InChI=1S/C13H19N3O/c1-9-11(14)7-4-8-12(9)16-13(17)15-10-5-2-3-6-10/h4,7-8,10H,2-3,5-6,14H2,1H3,(H2,15,16,17). The van der Waals surface area contributed by atoms with Crippen molar-refractivity contribution in [2.75, 3.05) is 11.1 Å². The number of carbonyl (C=O) groups is 1. The van der Waals surface area contributed by atoms with Crippen LogP contribution in [0.2, 0.25) is 0 Å². The van der Waals surface area contributed by atoms with Crippen LogP contribution in [-0.2, 0) is 0 Å². The quantitative estimate of drug-likeness (QED) is 0.687. The van der Waals surface area contributed by atoms with Gasteiger partial charge < -0.3 is 16.4 Å². The van der Waals surface area contributed by atoms with Crippen molar-refractivity contribution in [1.82, 2.24) is 5.32 Å². The van der Waals surface area contributed by atoms with E-state index in [4.69, 9.17) is 5.73 Å². The SMILES string of the molecule is Cc1c(N)cccc1NC(=O)NC1CCCC1. The number of amides is 2. The first-order chi connectivity index (χ1) is 8.16. The van der Waals surface area contributed by atoms with Crippen LogP contribution in [0.4, 0.5) is 16.2 Å². The van der Waals surface area contributed by atoms with Gasteiger partial charge in [-0.15, -0.1) is 0 Å². The molecule has 0 spiro atoms. The maximum absolute atomic E-state index is 11.8. The molecule has 0 unspecified atom stereocenters. The lowest BCUT2D eigenvalue weighted by Crippen LogP contribution is -2.36. The van der Waals surface area contributed by atoms with Crippen molar-refractivity contribution in [3.8, 4) is 0 Å². The van der Waals surface area contributed by atoms with E-state index in [2.05, 4.69) is 10.6 Å². The van der Waals surface area contributed by atoms with Crippen LogP contribution in [0.5, 0.6) is 0 Å². The molecular formula is C13H19N3O. The zero-order valence-electron chi connectivity index (χ0n) is 10.1. The largest absolute Gasteiger partial charge is 0.398 e. The number of nitrogens with two attached hydrogens (primary N) is 1. The fourth-order valence-electron chi connectivity index (χ4n) is 2.20. The van der Waals surface area contributed by atoms with E-state index in [0.717, 1.165) is 24.1 Å². The van der Waals surface area contributed by atoms with Gasteiger partial charge in [-0.2, -0.15) is 0 Å². The number of carbonyl (C=O) groups excluding carboxylic acids is 1. The van der Waals surface area contributed by atoms with E-state index in [0.29, 0.717) is 11.7 Å². The van der Waals surface area contributed by atoms with E-state index in [1.807, 2.05) is 25.1 Å². The smallest absolute Gasteiger partial charge is 0.319 e. The summed E-state index contributed by atoms with van der Waals surface area (Å²) >= 11 is 0.